The molecular formula is C15H22F2N2. The van der Waals surface area contributed by atoms with E-state index in [1.54, 1.807) is 0 Å². The highest BCUT2D eigenvalue weighted by Crippen LogP contribution is 2.27. The van der Waals surface area contributed by atoms with Crippen LogP contribution in [-0.2, 0) is 0 Å². The largest absolute Gasteiger partial charge is 0.319 e. The zero-order valence-electron chi connectivity index (χ0n) is 11.6. The summed E-state index contributed by atoms with van der Waals surface area (Å²) in [6.07, 6.45) is 2.37. The second-order valence-corrected chi connectivity index (χ2v) is 5.44. The van der Waals surface area contributed by atoms with E-state index in [2.05, 4.69) is 10.2 Å². The van der Waals surface area contributed by atoms with Crippen molar-refractivity contribution in [2.24, 2.45) is 5.92 Å². The van der Waals surface area contributed by atoms with Crippen molar-refractivity contribution in [1.29, 1.82) is 0 Å². The van der Waals surface area contributed by atoms with Gasteiger partial charge in [0.2, 0.25) is 0 Å². The minimum Gasteiger partial charge on any atom is -0.319 e. The molecule has 1 heterocycles. The van der Waals surface area contributed by atoms with Crippen LogP contribution in [0.25, 0.3) is 0 Å². The number of hydrogen-bond acceptors (Lipinski definition) is 2. The maximum Gasteiger partial charge on any atom is 0.126 e. The first-order valence-electron chi connectivity index (χ1n) is 6.94. The summed E-state index contributed by atoms with van der Waals surface area (Å²) in [4.78, 5) is 2.32. The standard InChI is InChI=1S/C15H22F2N2/c1-11(13-6-14(16)8-15(17)7-13)19-5-3-4-12(10-19)9-18-2/h6-8,11-12,18H,3-5,9-10H2,1-2H3. The van der Waals surface area contributed by atoms with Gasteiger partial charge >= 0.3 is 0 Å². The van der Waals surface area contributed by atoms with Crippen LogP contribution in [0.1, 0.15) is 31.4 Å². The third-order valence-electron chi connectivity index (χ3n) is 3.96. The Kier molecular flexibility index (Phi) is 4.88. The highest BCUT2D eigenvalue weighted by molar-refractivity contribution is 5.21. The quantitative estimate of drug-likeness (QED) is 0.903. The van der Waals surface area contributed by atoms with E-state index in [0.717, 1.165) is 37.7 Å². The number of piperidine rings is 1. The average molecular weight is 268 g/mol. The number of nitrogens with zero attached hydrogens (tertiary/aromatic N) is 1. The van der Waals surface area contributed by atoms with Crippen molar-refractivity contribution in [3.05, 3.63) is 35.4 Å². The molecule has 1 aliphatic heterocycles. The van der Waals surface area contributed by atoms with Gasteiger partial charge in [-0.1, -0.05) is 0 Å². The maximum absolute atomic E-state index is 13.3. The molecule has 2 unspecified atom stereocenters. The third-order valence-corrected chi connectivity index (χ3v) is 3.96. The van der Waals surface area contributed by atoms with Crippen molar-refractivity contribution >= 4 is 0 Å². The Morgan fingerprint density at radius 2 is 2.00 bits per heavy atom. The van der Waals surface area contributed by atoms with E-state index in [-0.39, 0.29) is 6.04 Å². The van der Waals surface area contributed by atoms with E-state index in [4.69, 9.17) is 0 Å². The molecule has 0 spiro atoms. The van der Waals surface area contributed by atoms with Crippen molar-refractivity contribution in [2.45, 2.75) is 25.8 Å². The molecule has 0 amide bonds. The highest BCUT2D eigenvalue weighted by atomic mass is 19.1. The monoisotopic (exact) mass is 268 g/mol. The van der Waals surface area contributed by atoms with Gasteiger partial charge in [-0.05, 0) is 63.5 Å². The van der Waals surface area contributed by atoms with Crippen LogP contribution >= 0.6 is 0 Å². The molecule has 0 radical (unpaired) electrons. The lowest BCUT2D eigenvalue weighted by molar-refractivity contribution is 0.131. The van der Waals surface area contributed by atoms with Crippen LogP contribution in [0.5, 0.6) is 0 Å². The summed E-state index contributed by atoms with van der Waals surface area (Å²) in [6, 6.07) is 3.87. The van der Waals surface area contributed by atoms with Crippen molar-refractivity contribution in [3.8, 4) is 0 Å². The molecule has 2 nitrogen and oxygen atoms in total. The van der Waals surface area contributed by atoms with Crippen LogP contribution in [0.15, 0.2) is 18.2 Å². The number of likely N-dealkylation sites (tertiary alicyclic amines) is 1. The molecule has 1 N–H and O–H groups in total. The van der Waals surface area contributed by atoms with Crippen molar-refractivity contribution in [3.63, 3.8) is 0 Å². The van der Waals surface area contributed by atoms with Gasteiger partial charge in [0.15, 0.2) is 0 Å². The number of hydrogen-bond donors (Lipinski definition) is 1. The molecular weight excluding hydrogens is 246 g/mol. The van der Waals surface area contributed by atoms with Crippen molar-refractivity contribution < 1.29 is 8.78 Å². The minimum absolute atomic E-state index is 0.0601. The van der Waals surface area contributed by atoms with Gasteiger partial charge in [0.1, 0.15) is 11.6 Å². The van der Waals surface area contributed by atoms with Gasteiger partial charge in [-0.15, -0.1) is 0 Å². The molecule has 2 rings (SSSR count). The van der Waals surface area contributed by atoms with Gasteiger partial charge in [-0.2, -0.15) is 0 Å². The van der Waals surface area contributed by atoms with Gasteiger partial charge in [0, 0.05) is 18.7 Å². The summed E-state index contributed by atoms with van der Waals surface area (Å²) in [6.45, 7) is 5.01. The van der Waals surface area contributed by atoms with E-state index < -0.39 is 11.6 Å². The van der Waals surface area contributed by atoms with Gasteiger partial charge in [-0.25, -0.2) is 8.78 Å². The first-order chi connectivity index (χ1) is 9.10. The zero-order valence-corrected chi connectivity index (χ0v) is 11.6. The Bertz CT molecular complexity index is 400. The van der Waals surface area contributed by atoms with Gasteiger partial charge < -0.3 is 5.32 Å². The fourth-order valence-electron chi connectivity index (χ4n) is 2.93. The molecule has 1 aliphatic rings. The summed E-state index contributed by atoms with van der Waals surface area (Å²) in [7, 11) is 1.96. The van der Waals surface area contributed by atoms with Crippen LogP contribution in [-0.4, -0.2) is 31.6 Å². The molecule has 1 fully saturated rings. The van der Waals surface area contributed by atoms with E-state index in [1.165, 1.54) is 18.6 Å². The van der Waals surface area contributed by atoms with E-state index in [9.17, 15) is 8.78 Å². The Labute approximate surface area is 113 Å². The Balaban J connectivity index is 2.07. The Hall–Kier alpha value is -1.00. The molecule has 1 saturated heterocycles. The van der Waals surface area contributed by atoms with Gasteiger partial charge in [-0.3, -0.25) is 4.90 Å². The summed E-state index contributed by atoms with van der Waals surface area (Å²) in [5.41, 5.74) is 0.725. The topological polar surface area (TPSA) is 15.3 Å². The number of halogens is 2. The van der Waals surface area contributed by atoms with E-state index in [0.29, 0.717) is 5.92 Å². The third kappa shape index (κ3) is 3.74. The predicted molar refractivity (Wildman–Crippen MR) is 73.0 cm³/mol. The summed E-state index contributed by atoms with van der Waals surface area (Å²) >= 11 is 0. The van der Waals surface area contributed by atoms with Crippen LogP contribution < -0.4 is 5.32 Å². The normalized spacial score (nSPS) is 22.4. The molecule has 1 aromatic rings. The molecule has 0 saturated carbocycles. The lowest BCUT2D eigenvalue weighted by atomic mass is 9.95. The fraction of sp³-hybridized carbons (Fsp3) is 0.600. The number of benzene rings is 1. The Morgan fingerprint density at radius 1 is 1.32 bits per heavy atom. The van der Waals surface area contributed by atoms with Gasteiger partial charge in [0.25, 0.3) is 0 Å². The summed E-state index contributed by atoms with van der Waals surface area (Å²) < 4.78 is 26.6. The van der Waals surface area contributed by atoms with Crippen LogP contribution in [0, 0.1) is 17.6 Å². The molecule has 4 heteroatoms. The smallest absolute Gasteiger partial charge is 0.126 e. The zero-order chi connectivity index (χ0) is 13.8. The van der Waals surface area contributed by atoms with Crippen LogP contribution in [0.2, 0.25) is 0 Å². The lowest BCUT2D eigenvalue weighted by Gasteiger charge is -2.37. The number of nitrogens with one attached hydrogen (secondary N) is 1. The van der Waals surface area contributed by atoms with Crippen molar-refractivity contribution in [2.75, 3.05) is 26.7 Å². The average Bonchev–Trinajstić information content (AvgIpc) is 2.37. The highest BCUT2D eigenvalue weighted by Gasteiger charge is 2.24. The molecule has 0 aliphatic carbocycles. The maximum atomic E-state index is 13.3. The lowest BCUT2D eigenvalue weighted by Crippen LogP contribution is -2.40. The van der Waals surface area contributed by atoms with Crippen molar-refractivity contribution in [1.82, 2.24) is 10.2 Å². The van der Waals surface area contributed by atoms with E-state index >= 15 is 0 Å². The van der Waals surface area contributed by atoms with Crippen LogP contribution in [0.3, 0.4) is 0 Å². The summed E-state index contributed by atoms with van der Waals surface area (Å²) in [5, 5.41) is 3.21. The first kappa shape index (κ1) is 14.4. The van der Waals surface area contributed by atoms with Crippen LogP contribution in [0.4, 0.5) is 8.78 Å². The molecule has 0 aromatic heterocycles. The Morgan fingerprint density at radius 3 is 2.63 bits per heavy atom. The second-order valence-electron chi connectivity index (χ2n) is 5.44. The first-order valence-corrected chi connectivity index (χ1v) is 6.94. The molecule has 2 atom stereocenters. The summed E-state index contributed by atoms with van der Waals surface area (Å²) in [5.74, 6) is -0.365. The van der Waals surface area contributed by atoms with Gasteiger partial charge in [0.05, 0.1) is 0 Å². The second kappa shape index (κ2) is 6.44. The molecule has 1 aromatic carbocycles. The molecule has 0 bridgehead atoms. The molecule has 19 heavy (non-hydrogen) atoms. The fourth-order valence-corrected chi connectivity index (χ4v) is 2.93. The molecule has 106 valence electrons. The SMILES string of the molecule is CNCC1CCCN(C(C)c2cc(F)cc(F)c2)C1. The van der Waals surface area contributed by atoms with E-state index in [1.807, 2.05) is 14.0 Å². The predicted octanol–water partition coefficient (Wildman–Crippen LogP) is 2.96. The number of rotatable bonds is 4. The minimum atomic E-state index is -0.495.